The zero-order valence-electron chi connectivity index (χ0n) is 21.4. The minimum atomic E-state index is -0.0318. The van der Waals surface area contributed by atoms with E-state index in [1.807, 2.05) is 12.1 Å². The Morgan fingerprint density at radius 3 is 2.29 bits per heavy atom. The number of carbonyl (C=O) groups excluding carboxylic acids is 1. The van der Waals surface area contributed by atoms with Crippen LogP contribution in [0.25, 0.3) is 10.9 Å². The summed E-state index contributed by atoms with van der Waals surface area (Å²) in [5.74, 6) is 1.29. The van der Waals surface area contributed by atoms with Crippen molar-refractivity contribution in [1.29, 1.82) is 0 Å². The van der Waals surface area contributed by atoms with Crippen molar-refractivity contribution in [3.8, 4) is 5.75 Å². The summed E-state index contributed by atoms with van der Waals surface area (Å²) in [5.41, 5.74) is 3.68. The molecule has 0 saturated carbocycles. The molecule has 1 amide bonds. The lowest BCUT2D eigenvalue weighted by Crippen LogP contribution is -2.49. The molecular formula is C29H39N3O2. The van der Waals surface area contributed by atoms with Gasteiger partial charge in [0.25, 0.3) is 0 Å². The van der Waals surface area contributed by atoms with E-state index in [0.717, 1.165) is 45.0 Å². The molecule has 0 N–H and O–H groups in total. The summed E-state index contributed by atoms with van der Waals surface area (Å²) in [4.78, 5) is 17.9. The lowest BCUT2D eigenvalue weighted by atomic mass is 9.74. The molecule has 0 aliphatic carbocycles. The summed E-state index contributed by atoms with van der Waals surface area (Å²) in [6.45, 7) is 14.4. The standard InChI is InChI=1S/C29H39N3O2/c1-6-30-15-17-31(18-16-30)28(33)19-26(29(2,3)4)25-21-32(27-10-8-7-9-24(25)27)20-22-11-13-23(34-5)14-12-22/h7-14,21,26H,6,15-20H2,1-5H3. The minimum absolute atomic E-state index is 0.0318. The van der Waals surface area contributed by atoms with Gasteiger partial charge in [0.05, 0.1) is 7.11 Å². The van der Waals surface area contributed by atoms with E-state index in [1.165, 1.54) is 22.0 Å². The van der Waals surface area contributed by atoms with Crippen LogP contribution in [0.5, 0.6) is 5.75 Å². The summed E-state index contributed by atoms with van der Waals surface area (Å²) in [7, 11) is 1.69. The van der Waals surface area contributed by atoms with Crippen LogP contribution in [0.3, 0.4) is 0 Å². The molecule has 1 atom stereocenters. The lowest BCUT2D eigenvalue weighted by molar-refractivity contribution is -0.134. The topological polar surface area (TPSA) is 37.7 Å². The van der Waals surface area contributed by atoms with E-state index in [-0.39, 0.29) is 17.2 Å². The van der Waals surface area contributed by atoms with E-state index < -0.39 is 0 Å². The Kier molecular flexibility index (Phi) is 7.32. The van der Waals surface area contributed by atoms with Gasteiger partial charge in [-0.3, -0.25) is 4.79 Å². The molecule has 1 fully saturated rings. The van der Waals surface area contributed by atoms with Gasteiger partial charge in [-0.25, -0.2) is 0 Å². The number of piperazine rings is 1. The largest absolute Gasteiger partial charge is 0.497 e. The molecule has 182 valence electrons. The number of benzene rings is 2. The first-order chi connectivity index (χ1) is 16.3. The highest BCUT2D eigenvalue weighted by Gasteiger charge is 2.33. The van der Waals surface area contributed by atoms with Crippen molar-refractivity contribution in [1.82, 2.24) is 14.4 Å². The highest BCUT2D eigenvalue weighted by molar-refractivity contribution is 5.86. The van der Waals surface area contributed by atoms with E-state index in [0.29, 0.717) is 6.42 Å². The van der Waals surface area contributed by atoms with Gasteiger partial charge in [0.2, 0.25) is 5.91 Å². The Labute approximate surface area is 204 Å². The first kappa shape index (κ1) is 24.3. The molecule has 4 rings (SSSR count). The molecule has 2 heterocycles. The summed E-state index contributed by atoms with van der Waals surface area (Å²) >= 11 is 0. The summed E-state index contributed by atoms with van der Waals surface area (Å²) in [6, 6.07) is 16.9. The predicted octanol–water partition coefficient (Wildman–Crippen LogP) is 5.38. The normalized spacial score (nSPS) is 16.1. The number of amides is 1. The van der Waals surface area contributed by atoms with Gasteiger partial charge in [0.1, 0.15) is 5.75 Å². The molecule has 0 radical (unpaired) electrons. The van der Waals surface area contributed by atoms with Crippen molar-refractivity contribution in [2.75, 3.05) is 39.8 Å². The van der Waals surface area contributed by atoms with E-state index in [4.69, 9.17) is 4.74 Å². The van der Waals surface area contributed by atoms with E-state index >= 15 is 0 Å². The van der Waals surface area contributed by atoms with Gasteiger partial charge in [0, 0.05) is 56.2 Å². The molecule has 0 spiro atoms. The molecule has 1 unspecified atom stereocenters. The minimum Gasteiger partial charge on any atom is -0.497 e. The summed E-state index contributed by atoms with van der Waals surface area (Å²) < 4.78 is 7.65. The molecule has 1 aromatic heterocycles. The Hall–Kier alpha value is -2.79. The second kappa shape index (κ2) is 10.2. The van der Waals surface area contributed by atoms with Crippen molar-refractivity contribution in [3.63, 3.8) is 0 Å². The van der Waals surface area contributed by atoms with Crippen LogP contribution < -0.4 is 4.74 Å². The van der Waals surface area contributed by atoms with Crippen LogP contribution in [-0.4, -0.2) is 60.1 Å². The van der Waals surface area contributed by atoms with Gasteiger partial charge in [-0.15, -0.1) is 0 Å². The highest BCUT2D eigenvalue weighted by Crippen LogP contribution is 2.42. The number of para-hydroxylation sites is 1. The summed E-state index contributed by atoms with van der Waals surface area (Å²) in [6.07, 6.45) is 2.83. The monoisotopic (exact) mass is 461 g/mol. The van der Waals surface area contributed by atoms with E-state index in [1.54, 1.807) is 7.11 Å². The molecule has 3 aromatic rings. The second-order valence-electron chi connectivity index (χ2n) is 10.5. The Morgan fingerprint density at radius 1 is 1.00 bits per heavy atom. The third-order valence-electron chi connectivity index (χ3n) is 7.30. The molecule has 0 bridgehead atoms. The molecular weight excluding hydrogens is 422 g/mol. The van der Waals surface area contributed by atoms with Crippen LogP contribution in [-0.2, 0) is 11.3 Å². The number of hydrogen-bond donors (Lipinski definition) is 0. The number of methoxy groups -OCH3 is 1. The number of fused-ring (bicyclic) bond motifs is 1. The fourth-order valence-electron chi connectivity index (χ4n) is 5.11. The number of nitrogens with zero attached hydrogens (tertiary/aromatic N) is 3. The van der Waals surface area contributed by atoms with Gasteiger partial charge in [-0.1, -0.05) is 58.0 Å². The number of ether oxygens (including phenoxy) is 1. The third-order valence-corrected chi connectivity index (χ3v) is 7.30. The first-order valence-electron chi connectivity index (χ1n) is 12.5. The average molecular weight is 462 g/mol. The molecule has 34 heavy (non-hydrogen) atoms. The smallest absolute Gasteiger partial charge is 0.223 e. The Bertz CT molecular complexity index is 1100. The molecule has 1 saturated heterocycles. The fourth-order valence-corrected chi connectivity index (χ4v) is 5.11. The zero-order chi connectivity index (χ0) is 24.3. The van der Waals surface area contributed by atoms with Crippen molar-refractivity contribution < 1.29 is 9.53 Å². The quantitative estimate of drug-likeness (QED) is 0.474. The number of aromatic nitrogens is 1. The highest BCUT2D eigenvalue weighted by atomic mass is 16.5. The maximum Gasteiger partial charge on any atom is 0.223 e. The fraction of sp³-hybridized carbons (Fsp3) is 0.483. The number of hydrogen-bond acceptors (Lipinski definition) is 3. The first-order valence-corrected chi connectivity index (χ1v) is 12.5. The maximum absolute atomic E-state index is 13.4. The number of carbonyl (C=O) groups is 1. The zero-order valence-corrected chi connectivity index (χ0v) is 21.4. The van der Waals surface area contributed by atoms with Crippen molar-refractivity contribution in [2.45, 2.75) is 46.6 Å². The number of likely N-dealkylation sites (N-methyl/N-ethyl adjacent to an activating group) is 1. The van der Waals surface area contributed by atoms with Gasteiger partial charge in [0.15, 0.2) is 0 Å². The predicted molar refractivity (Wildman–Crippen MR) is 140 cm³/mol. The van der Waals surface area contributed by atoms with Gasteiger partial charge >= 0.3 is 0 Å². The van der Waals surface area contributed by atoms with Crippen molar-refractivity contribution in [2.24, 2.45) is 5.41 Å². The van der Waals surface area contributed by atoms with Crippen LogP contribution >= 0.6 is 0 Å². The van der Waals surface area contributed by atoms with Gasteiger partial charge in [-0.05, 0) is 47.2 Å². The molecule has 5 heteroatoms. The summed E-state index contributed by atoms with van der Waals surface area (Å²) in [5, 5.41) is 1.25. The van der Waals surface area contributed by atoms with Crippen molar-refractivity contribution >= 4 is 16.8 Å². The Balaban J connectivity index is 1.63. The van der Waals surface area contributed by atoms with Crippen LogP contribution in [0.15, 0.2) is 54.7 Å². The second-order valence-corrected chi connectivity index (χ2v) is 10.5. The van der Waals surface area contributed by atoms with Crippen LogP contribution in [0.1, 0.15) is 51.2 Å². The Morgan fingerprint density at radius 2 is 1.68 bits per heavy atom. The molecule has 1 aliphatic rings. The van der Waals surface area contributed by atoms with E-state index in [9.17, 15) is 4.79 Å². The van der Waals surface area contributed by atoms with Crippen molar-refractivity contribution in [3.05, 3.63) is 65.9 Å². The van der Waals surface area contributed by atoms with Crippen LogP contribution in [0.4, 0.5) is 0 Å². The molecule has 5 nitrogen and oxygen atoms in total. The molecule has 1 aliphatic heterocycles. The lowest BCUT2D eigenvalue weighted by Gasteiger charge is -2.37. The van der Waals surface area contributed by atoms with Gasteiger partial charge in [-0.2, -0.15) is 0 Å². The van der Waals surface area contributed by atoms with Gasteiger partial charge < -0.3 is 19.1 Å². The van der Waals surface area contributed by atoms with Crippen LogP contribution in [0, 0.1) is 5.41 Å². The van der Waals surface area contributed by atoms with E-state index in [2.05, 4.69) is 84.7 Å². The average Bonchev–Trinajstić information content (AvgIpc) is 3.20. The third kappa shape index (κ3) is 5.30. The van der Waals surface area contributed by atoms with Crippen LogP contribution in [0.2, 0.25) is 0 Å². The number of rotatable bonds is 7. The SMILES string of the molecule is CCN1CCN(C(=O)CC(c2cn(Cc3ccc(OC)cc3)c3ccccc23)C(C)(C)C)CC1. The molecule has 2 aromatic carbocycles. The maximum atomic E-state index is 13.4.